The predicted octanol–water partition coefficient (Wildman–Crippen LogP) is 4.20. The average molecular weight is 311 g/mol. The van der Waals surface area contributed by atoms with E-state index in [0.717, 1.165) is 25.5 Å². The first-order valence-electron chi connectivity index (χ1n) is 6.78. The van der Waals surface area contributed by atoms with Crippen LogP contribution < -0.4 is 10.1 Å². The van der Waals surface area contributed by atoms with Crippen molar-refractivity contribution in [3.05, 3.63) is 41.6 Å². The number of nitrogens with one attached hydrogen (secondary N) is 1. The largest absolute Gasteiger partial charge is 0.480 e. The van der Waals surface area contributed by atoms with Crippen molar-refractivity contribution in [2.75, 3.05) is 12.4 Å². The van der Waals surface area contributed by atoms with Crippen molar-refractivity contribution in [3.8, 4) is 5.88 Å². The number of anilines is 2. The highest BCUT2D eigenvalue weighted by molar-refractivity contribution is 5.55. The van der Waals surface area contributed by atoms with Crippen LogP contribution in [0.4, 0.5) is 24.8 Å². The van der Waals surface area contributed by atoms with Crippen LogP contribution in [-0.4, -0.2) is 17.1 Å². The monoisotopic (exact) mass is 311 g/mol. The first-order chi connectivity index (χ1) is 10.4. The van der Waals surface area contributed by atoms with Gasteiger partial charge >= 0.3 is 6.18 Å². The van der Waals surface area contributed by atoms with Crippen molar-refractivity contribution in [2.45, 2.75) is 25.9 Å². The van der Waals surface area contributed by atoms with E-state index in [1.165, 1.54) is 0 Å². The van der Waals surface area contributed by atoms with E-state index in [1.54, 1.807) is 6.07 Å². The van der Waals surface area contributed by atoms with Crippen LogP contribution in [0.2, 0.25) is 0 Å². The van der Waals surface area contributed by atoms with Gasteiger partial charge in [0.1, 0.15) is 5.56 Å². The molecule has 0 unspecified atom stereocenters. The van der Waals surface area contributed by atoms with Gasteiger partial charge in [0.15, 0.2) is 0 Å². The molecule has 22 heavy (non-hydrogen) atoms. The fraction of sp³-hybridized carbons (Fsp3) is 0.333. The molecule has 0 aliphatic carbocycles. The smallest absolute Gasteiger partial charge is 0.423 e. The van der Waals surface area contributed by atoms with Crippen molar-refractivity contribution < 1.29 is 17.9 Å². The average Bonchev–Trinajstić information content (AvgIpc) is 2.46. The lowest BCUT2D eigenvalue weighted by atomic mass is 10.1. The topological polar surface area (TPSA) is 47.0 Å². The van der Waals surface area contributed by atoms with Crippen LogP contribution in [0.15, 0.2) is 30.5 Å². The highest BCUT2D eigenvalue weighted by Gasteiger charge is 2.36. The lowest BCUT2D eigenvalue weighted by Crippen LogP contribution is -2.11. The zero-order chi connectivity index (χ0) is 16.2. The maximum Gasteiger partial charge on any atom is 0.423 e. The zero-order valence-corrected chi connectivity index (χ0v) is 12.2. The minimum atomic E-state index is -4.55. The molecule has 1 heterocycles. The van der Waals surface area contributed by atoms with Crippen LogP contribution in [0.3, 0.4) is 0 Å². The van der Waals surface area contributed by atoms with Crippen molar-refractivity contribution in [3.63, 3.8) is 0 Å². The van der Waals surface area contributed by atoms with E-state index in [9.17, 15) is 13.2 Å². The Morgan fingerprint density at radius 1 is 1.27 bits per heavy atom. The summed E-state index contributed by atoms with van der Waals surface area (Å²) >= 11 is 0. The van der Waals surface area contributed by atoms with Gasteiger partial charge in [-0.3, -0.25) is 0 Å². The van der Waals surface area contributed by atoms with Crippen LogP contribution in [0.1, 0.15) is 24.5 Å². The van der Waals surface area contributed by atoms with Gasteiger partial charge in [0.25, 0.3) is 0 Å². The molecular formula is C15H16F3N3O. The van der Waals surface area contributed by atoms with Gasteiger partial charge < -0.3 is 10.1 Å². The summed E-state index contributed by atoms with van der Waals surface area (Å²) in [6.07, 6.45) is -1.91. The fourth-order valence-electron chi connectivity index (χ4n) is 2.00. The maximum absolute atomic E-state index is 12.8. The minimum absolute atomic E-state index is 0.0542. The van der Waals surface area contributed by atoms with Crippen LogP contribution in [-0.2, 0) is 12.6 Å². The number of methoxy groups -OCH3 is 1. The quantitative estimate of drug-likeness (QED) is 0.899. The Hall–Kier alpha value is -2.31. The van der Waals surface area contributed by atoms with Gasteiger partial charge in [-0.25, -0.2) is 4.98 Å². The Morgan fingerprint density at radius 2 is 2.05 bits per heavy atom. The molecule has 0 fully saturated rings. The Bertz CT molecular complexity index is 644. The number of aromatic nitrogens is 2. The highest BCUT2D eigenvalue weighted by Crippen LogP contribution is 2.35. The summed E-state index contributed by atoms with van der Waals surface area (Å²) in [5.74, 6) is -0.451. The molecule has 0 spiro atoms. The van der Waals surface area contributed by atoms with E-state index in [4.69, 9.17) is 4.74 Å². The standard InChI is InChI=1S/C15H16F3N3O/c1-3-5-10-6-4-7-11(8-10)20-14-19-9-12(15(16,17)18)13(21-14)22-2/h4,6-9H,3,5H2,1-2H3,(H,19,20,21). The number of ether oxygens (including phenoxy) is 1. The molecular weight excluding hydrogens is 295 g/mol. The van der Waals surface area contributed by atoms with Gasteiger partial charge in [-0.2, -0.15) is 18.2 Å². The summed E-state index contributed by atoms with van der Waals surface area (Å²) in [4.78, 5) is 7.47. The Balaban J connectivity index is 2.25. The zero-order valence-electron chi connectivity index (χ0n) is 12.2. The molecule has 0 atom stereocenters. The van der Waals surface area contributed by atoms with Crippen molar-refractivity contribution in [1.29, 1.82) is 0 Å². The Labute approximate surface area is 126 Å². The molecule has 0 aliphatic rings. The summed E-state index contributed by atoms with van der Waals surface area (Å²) < 4.78 is 43.0. The number of aryl methyl sites for hydroxylation is 1. The fourth-order valence-corrected chi connectivity index (χ4v) is 2.00. The van der Waals surface area contributed by atoms with Crippen LogP contribution in [0, 0.1) is 0 Å². The molecule has 1 aromatic carbocycles. The van der Waals surface area contributed by atoms with Crippen LogP contribution >= 0.6 is 0 Å². The molecule has 7 heteroatoms. The van der Waals surface area contributed by atoms with Gasteiger partial charge in [0.05, 0.1) is 7.11 Å². The van der Waals surface area contributed by atoms with Gasteiger partial charge in [0.2, 0.25) is 11.8 Å². The minimum Gasteiger partial charge on any atom is -0.480 e. The molecule has 4 nitrogen and oxygen atoms in total. The Morgan fingerprint density at radius 3 is 2.68 bits per heavy atom. The molecule has 0 bridgehead atoms. The normalized spacial score (nSPS) is 11.3. The third-order valence-electron chi connectivity index (χ3n) is 2.97. The summed E-state index contributed by atoms with van der Waals surface area (Å²) in [6.45, 7) is 2.07. The molecule has 2 rings (SSSR count). The van der Waals surface area contributed by atoms with E-state index in [1.807, 2.05) is 18.2 Å². The van der Waals surface area contributed by atoms with E-state index in [2.05, 4.69) is 22.2 Å². The van der Waals surface area contributed by atoms with E-state index < -0.39 is 17.6 Å². The third-order valence-corrected chi connectivity index (χ3v) is 2.97. The molecule has 0 saturated carbocycles. The van der Waals surface area contributed by atoms with Crippen LogP contribution in [0.5, 0.6) is 5.88 Å². The van der Waals surface area contributed by atoms with E-state index in [0.29, 0.717) is 11.9 Å². The number of nitrogens with zero attached hydrogens (tertiary/aromatic N) is 2. The first-order valence-corrected chi connectivity index (χ1v) is 6.78. The highest BCUT2D eigenvalue weighted by atomic mass is 19.4. The van der Waals surface area contributed by atoms with E-state index in [-0.39, 0.29) is 5.95 Å². The van der Waals surface area contributed by atoms with Crippen molar-refractivity contribution >= 4 is 11.6 Å². The molecule has 0 radical (unpaired) electrons. The lowest BCUT2D eigenvalue weighted by molar-refractivity contribution is -0.139. The third kappa shape index (κ3) is 3.87. The maximum atomic E-state index is 12.8. The summed E-state index contributed by atoms with van der Waals surface area (Å²) in [7, 11) is 1.14. The number of rotatable bonds is 5. The molecule has 118 valence electrons. The summed E-state index contributed by atoms with van der Waals surface area (Å²) in [6, 6.07) is 7.57. The van der Waals surface area contributed by atoms with Crippen molar-refractivity contribution in [2.24, 2.45) is 0 Å². The Kier molecular flexibility index (Phi) is 4.85. The predicted molar refractivity (Wildman–Crippen MR) is 77.3 cm³/mol. The number of alkyl halides is 3. The number of hydrogen-bond acceptors (Lipinski definition) is 4. The lowest BCUT2D eigenvalue weighted by Gasteiger charge is -2.12. The summed E-state index contributed by atoms with van der Waals surface area (Å²) in [5.41, 5.74) is 0.847. The molecule has 0 saturated heterocycles. The molecule has 0 amide bonds. The van der Waals surface area contributed by atoms with Crippen LogP contribution in [0.25, 0.3) is 0 Å². The molecule has 0 aliphatic heterocycles. The summed E-state index contributed by atoms with van der Waals surface area (Å²) in [5, 5.41) is 2.89. The first kappa shape index (κ1) is 16.1. The van der Waals surface area contributed by atoms with Gasteiger partial charge in [-0.05, 0) is 24.1 Å². The number of halogens is 3. The van der Waals surface area contributed by atoms with Gasteiger partial charge in [-0.15, -0.1) is 0 Å². The second-order valence-corrected chi connectivity index (χ2v) is 4.69. The van der Waals surface area contributed by atoms with Crippen molar-refractivity contribution in [1.82, 2.24) is 9.97 Å². The number of benzene rings is 1. The molecule has 2 aromatic rings. The number of hydrogen-bond donors (Lipinski definition) is 1. The second kappa shape index (κ2) is 6.64. The molecule has 1 aromatic heterocycles. The van der Waals surface area contributed by atoms with Gasteiger partial charge in [0, 0.05) is 11.9 Å². The molecule has 1 N–H and O–H groups in total. The SMILES string of the molecule is CCCc1cccc(Nc2ncc(C(F)(F)F)c(OC)n2)c1. The second-order valence-electron chi connectivity index (χ2n) is 4.69. The van der Waals surface area contributed by atoms with Gasteiger partial charge in [-0.1, -0.05) is 25.5 Å². The van der Waals surface area contributed by atoms with E-state index >= 15 is 0 Å².